The SMILES string of the molecule is Cc1cc(O)cc(C)c1C[C@H](CN1Cc2ccccc2C[C@@H](NC(=O)Cc2ccccc2)C1=O)NC(=O)OCC1c2ccccc2-c2ccccc21. The monoisotopic (exact) mass is 693 g/mol. The Kier molecular flexibility index (Phi) is 10.1. The van der Waals surface area contributed by atoms with Crippen LogP contribution in [0.2, 0.25) is 0 Å². The lowest BCUT2D eigenvalue weighted by Gasteiger charge is -2.30. The molecule has 1 aliphatic carbocycles. The van der Waals surface area contributed by atoms with E-state index in [4.69, 9.17) is 4.74 Å². The number of rotatable bonds is 10. The number of ether oxygens (including phenoxy) is 1. The van der Waals surface area contributed by atoms with Gasteiger partial charge in [-0.15, -0.1) is 0 Å². The van der Waals surface area contributed by atoms with E-state index >= 15 is 0 Å². The van der Waals surface area contributed by atoms with Crippen LogP contribution in [0.4, 0.5) is 4.79 Å². The van der Waals surface area contributed by atoms with E-state index in [1.807, 2.05) is 92.7 Å². The van der Waals surface area contributed by atoms with Gasteiger partial charge in [0, 0.05) is 25.4 Å². The maximum absolute atomic E-state index is 14.3. The van der Waals surface area contributed by atoms with Crippen molar-refractivity contribution in [1.29, 1.82) is 0 Å². The first kappa shape index (κ1) is 34.6. The Bertz CT molecular complexity index is 2040. The number of alkyl carbamates (subject to hydrolysis) is 1. The van der Waals surface area contributed by atoms with Crippen LogP contribution in [-0.2, 0) is 40.1 Å². The van der Waals surface area contributed by atoms with E-state index in [-0.39, 0.29) is 43.1 Å². The molecule has 3 amide bonds. The fraction of sp³-hybridized carbons (Fsp3) is 0.250. The van der Waals surface area contributed by atoms with Gasteiger partial charge in [-0.2, -0.15) is 0 Å². The minimum atomic E-state index is -0.771. The molecular formula is C44H43N3O5. The van der Waals surface area contributed by atoms with Crippen molar-refractivity contribution in [2.45, 2.75) is 57.7 Å². The second-order valence-electron chi connectivity index (χ2n) is 13.9. The van der Waals surface area contributed by atoms with Crippen molar-refractivity contribution < 1.29 is 24.2 Å². The summed E-state index contributed by atoms with van der Waals surface area (Å²) in [5, 5.41) is 16.4. The number of aromatic hydroxyl groups is 1. The number of carbonyl (C=O) groups excluding carboxylic acids is 3. The van der Waals surface area contributed by atoms with Crippen molar-refractivity contribution in [3.8, 4) is 16.9 Å². The molecular weight excluding hydrogens is 650 g/mol. The fourth-order valence-corrected chi connectivity index (χ4v) is 7.79. The summed E-state index contributed by atoms with van der Waals surface area (Å²) >= 11 is 0. The lowest BCUT2D eigenvalue weighted by Crippen LogP contribution is -2.52. The Morgan fingerprint density at radius 2 is 1.42 bits per heavy atom. The lowest BCUT2D eigenvalue weighted by molar-refractivity contribution is -0.136. The van der Waals surface area contributed by atoms with E-state index in [0.29, 0.717) is 19.4 Å². The van der Waals surface area contributed by atoms with Gasteiger partial charge >= 0.3 is 6.09 Å². The molecule has 5 aromatic carbocycles. The number of aryl methyl sites for hydroxylation is 2. The Balaban J connectivity index is 1.12. The number of amides is 3. The molecule has 8 nitrogen and oxygen atoms in total. The van der Waals surface area contributed by atoms with Gasteiger partial charge in [0.25, 0.3) is 0 Å². The van der Waals surface area contributed by atoms with Crippen LogP contribution in [0.15, 0.2) is 115 Å². The number of fused-ring (bicyclic) bond motifs is 4. The molecule has 0 bridgehead atoms. The second-order valence-corrected chi connectivity index (χ2v) is 13.9. The Hall–Kier alpha value is -5.89. The summed E-state index contributed by atoms with van der Waals surface area (Å²) in [5.41, 5.74) is 10.1. The van der Waals surface area contributed by atoms with Gasteiger partial charge in [-0.25, -0.2) is 4.79 Å². The smallest absolute Gasteiger partial charge is 0.407 e. The van der Waals surface area contributed by atoms with Crippen LogP contribution in [0, 0.1) is 13.8 Å². The Morgan fingerprint density at radius 1 is 0.827 bits per heavy atom. The Morgan fingerprint density at radius 3 is 2.10 bits per heavy atom. The molecule has 2 aliphatic rings. The number of nitrogens with zero attached hydrogens (tertiary/aromatic N) is 1. The van der Waals surface area contributed by atoms with Gasteiger partial charge < -0.3 is 25.4 Å². The first-order valence-corrected chi connectivity index (χ1v) is 17.8. The zero-order chi connectivity index (χ0) is 36.2. The van der Waals surface area contributed by atoms with E-state index in [1.54, 1.807) is 17.0 Å². The highest BCUT2D eigenvalue weighted by molar-refractivity contribution is 5.89. The molecule has 7 rings (SSSR count). The van der Waals surface area contributed by atoms with E-state index in [2.05, 4.69) is 34.9 Å². The summed E-state index contributed by atoms with van der Waals surface area (Å²) in [7, 11) is 0. The minimum absolute atomic E-state index is 0.0953. The largest absolute Gasteiger partial charge is 0.508 e. The molecule has 0 unspecified atom stereocenters. The third-order valence-corrected chi connectivity index (χ3v) is 10.3. The van der Waals surface area contributed by atoms with Crippen LogP contribution < -0.4 is 10.6 Å². The summed E-state index contributed by atoms with van der Waals surface area (Å²) in [4.78, 5) is 43.0. The Labute approximate surface area is 304 Å². The lowest BCUT2D eigenvalue weighted by atomic mass is 9.95. The van der Waals surface area contributed by atoms with Gasteiger partial charge in [-0.05, 0) is 88.0 Å². The number of hydrogen-bond acceptors (Lipinski definition) is 5. The highest BCUT2D eigenvalue weighted by Crippen LogP contribution is 2.44. The summed E-state index contributed by atoms with van der Waals surface area (Å²) in [6, 6.07) is 35.9. The molecule has 1 aliphatic heterocycles. The van der Waals surface area contributed by atoms with Crippen molar-refractivity contribution in [3.63, 3.8) is 0 Å². The molecule has 5 aromatic rings. The average Bonchev–Trinajstić information content (AvgIpc) is 3.39. The zero-order valence-electron chi connectivity index (χ0n) is 29.5. The second kappa shape index (κ2) is 15.2. The molecule has 8 heteroatoms. The minimum Gasteiger partial charge on any atom is -0.508 e. The van der Waals surface area contributed by atoms with Crippen LogP contribution >= 0.6 is 0 Å². The molecule has 0 saturated heterocycles. The van der Waals surface area contributed by atoms with Gasteiger partial charge in [0.2, 0.25) is 11.8 Å². The van der Waals surface area contributed by atoms with E-state index in [9.17, 15) is 19.5 Å². The molecule has 3 N–H and O–H groups in total. The molecule has 0 fully saturated rings. The van der Waals surface area contributed by atoms with Crippen molar-refractivity contribution in [1.82, 2.24) is 15.5 Å². The number of phenols is 1. The molecule has 0 radical (unpaired) electrons. The molecule has 0 saturated carbocycles. The summed E-state index contributed by atoms with van der Waals surface area (Å²) in [5.74, 6) is -0.362. The van der Waals surface area contributed by atoms with Crippen LogP contribution in [0.1, 0.15) is 50.4 Å². The van der Waals surface area contributed by atoms with Crippen molar-refractivity contribution >= 4 is 17.9 Å². The number of phenolic OH excluding ortho intramolecular Hbond substituents is 1. The first-order chi connectivity index (χ1) is 25.2. The molecule has 1 heterocycles. The van der Waals surface area contributed by atoms with Crippen LogP contribution in [-0.4, -0.2) is 53.1 Å². The first-order valence-electron chi connectivity index (χ1n) is 17.8. The number of hydrogen-bond donors (Lipinski definition) is 3. The van der Waals surface area contributed by atoms with Gasteiger partial charge in [0.1, 0.15) is 18.4 Å². The maximum atomic E-state index is 14.3. The molecule has 0 spiro atoms. The molecule has 264 valence electrons. The topological polar surface area (TPSA) is 108 Å². The van der Waals surface area contributed by atoms with Crippen molar-refractivity contribution in [2.24, 2.45) is 0 Å². The number of benzene rings is 5. The fourth-order valence-electron chi connectivity index (χ4n) is 7.79. The number of nitrogens with one attached hydrogen (secondary N) is 2. The van der Waals surface area contributed by atoms with Crippen molar-refractivity contribution in [2.75, 3.05) is 13.2 Å². The van der Waals surface area contributed by atoms with E-state index in [0.717, 1.165) is 55.6 Å². The quantitative estimate of drug-likeness (QED) is 0.150. The standard InChI is InChI=1S/C44H43N3O5/c1-28-20-34(48)21-29(2)39(28)24-33(45-44(51)52-27-40-37-18-10-8-16-35(37)36-17-9-11-19-38(36)40)26-47-25-32-15-7-6-14-31(32)23-41(43(47)50)46-42(49)22-30-12-4-3-5-13-30/h3-21,33,40-41,48H,22-27H2,1-2H3,(H,45,51)(H,46,49)/t33-,41-/m1/s1. The number of carbonyl (C=O) groups is 3. The highest BCUT2D eigenvalue weighted by Gasteiger charge is 2.34. The third kappa shape index (κ3) is 7.56. The third-order valence-electron chi connectivity index (χ3n) is 10.3. The van der Waals surface area contributed by atoms with Gasteiger partial charge in [0.05, 0.1) is 12.5 Å². The van der Waals surface area contributed by atoms with E-state index in [1.165, 1.54) is 0 Å². The summed E-state index contributed by atoms with van der Waals surface area (Å²) in [6.45, 7) is 4.53. The predicted molar refractivity (Wildman–Crippen MR) is 201 cm³/mol. The highest BCUT2D eigenvalue weighted by atomic mass is 16.5. The van der Waals surface area contributed by atoms with Crippen molar-refractivity contribution in [3.05, 3.63) is 160 Å². The van der Waals surface area contributed by atoms with E-state index < -0.39 is 18.2 Å². The zero-order valence-corrected chi connectivity index (χ0v) is 29.5. The average molecular weight is 694 g/mol. The normalized spacial score (nSPS) is 15.5. The molecule has 2 atom stereocenters. The molecule has 52 heavy (non-hydrogen) atoms. The summed E-state index contributed by atoms with van der Waals surface area (Å²) in [6.07, 6.45) is 0.361. The van der Waals surface area contributed by atoms with Gasteiger partial charge in [-0.3, -0.25) is 9.59 Å². The van der Waals surface area contributed by atoms with Gasteiger partial charge in [0.15, 0.2) is 0 Å². The molecule has 0 aromatic heterocycles. The van der Waals surface area contributed by atoms with Crippen LogP contribution in [0.25, 0.3) is 11.1 Å². The summed E-state index contributed by atoms with van der Waals surface area (Å²) < 4.78 is 5.96. The van der Waals surface area contributed by atoms with Gasteiger partial charge in [-0.1, -0.05) is 103 Å². The predicted octanol–water partition coefficient (Wildman–Crippen LogP) is 6.77. The maximum Gasteiger partial charge on any atom is 0.407 e. The van der Waals surface area contributed by atoms with Crippen LogP contribution in [0.3, 0.4) is 0 Å². The van der Waals surface area contributed by atoms with Crippen LogP contribution in [0.5, 0.6) is 5.75 Å².